The number of hydrogen-bond donors (Lipinski definition) is 0. The summed E-state index contributed by atoms with van der Waals surface area (Å²) in [5.74, 6) is -0.151. The van der Waals surface area contributed by atoms with Crippen molar-refractivity contribution in [2.75, 3.05) is 27.4 Å². The van der Waals surface area contributed by atoms with Gasteiger partial charge in [0.05, 0.1) is 25.3 Å². The van der Waals surface area contributed by atoms with E-state index in [4.69, 9.17) is 14.7 Å². The van der Waals surface area contributed by atoms with Gasteiger partial charge in [0.1, 0.15) is 17.9 Å². The summed E-state index contributed by atoms with van der Waals surface area (Å²) in [6.45, 7) is 0.743. The van der Waals surface area contributed by atoms with Crippen LogP contribution in [0, 0.1) is 11.3 Å². The van der Waals surface area contributed by atoms with Crippen molar-refractivity contribution < 1.29 is 19.0 Å². The molecule has 0 amide bonds. The van der Waals surface area contributed by atoms with Gasteiger partial charge in [-0.2, -0.15) is 5.26 Å². The Labute approximate surface area is 99.5 Å². The Bertz CT molecular complexity index is 437. The Morgan fingerprint density at radius 3 is 2.71 bits per heavy atom. The number of nitriles is 1. The van der Waals surface area contributed by atoms with Crippen LogP contribution in [0.4, 0.5) is 0 Å². The minimum absolute atomic E-state index is 0.239. The standard InChI is InChI=1S/C12H13NO4/c1-15-5-6-17-11-4-3-9(8-13)7-10(11)12(14)16-2/h3-4,7H,5-6H2,1-2H3. The maximum absolute atomic E-state index is 11.5. The molecule has 0 aliphatic heterocycles. The van der Waals surface area contributed by atoms with Crippen LogP contribution in [0.5, 0.6) is 5.75 Å². The predicted molar refractivity (Wildman–Crippen MR) is 59.9 cm³/mol. The third kappa shape index (κ3) is 3.47. The van der Waals surface area contributed by atoms with E-state index in [0.29, 0.717) is 24.5 Å². The van der Waals surface area contributed by atoms with Crippen molar-refractivity contribution >= 4 is 5.97 Å². The molecule has 1 rings (SSSR count). The first-order valence-electron chi connectivity index (χ1n) is 4.97. The van der Waals surface area contributed by atoms with E-state index in [1.807, 2.05) is 6.07 Å². The molecular formula is C12H13NO4. The van der Waals surface area contributed by atoms with Gasteiger partial charge in [0.2, 0.25) is 0 Å². The summed E-state index contributed by atoms with van der Waals surface area (Å²) in [7, 11) is 2.84. The van der Waals surface area contributed by atoms with Crippen LogP contribution in [0.2, 0.25) is 0 Å². The topological polar surface area (TPSA) is 68.5 Å². The third-order valence-corrected chi connectivity index (χ3v) is 2.06. The molecule has 90 valence electrons. The molecule has 0 radical (unpaired) electrons. The molecule has 0 spiro atoms. The summed E-state index contributed by atoms with van der Waals surface area (Å²) in [5, 5.41) is 8.76. The normalized spacial score (nSPS) is 9.47. The third-order valence-electron chi connectivity index (χ3n) is 2.06. The fourth-order valence-electron chi connectivity index (χ4n) is 1.23. The van der Waals surface area contributed by atoms with Crippen LogP contribution >= 0.6 is 0 Å². The smallest absolute Gasteiger partial charge is 0.341 e. The molecule has 0 atom stereocenters. The Morgan fingerprint density at radius 2 is 2.12 bits per heavy atom. The van der Waals surface area contributed by atoms with Crippen LogP contribution in [-0.2, 0) is 9.47 Å². The molecule has 0 saturated carbocycles. The lowest BCUT2D eigenvalue weighted by molar-refractivity contribution is 0.0593. The maximum atomic E-state index is 11.5. The van der Waals surface area contributed by atoms with Gasteiger partial charge in [-0.1, -0.05) is 0 Å². The Balaban J connectivity index is 2.95. The minimum Gasteiger partial charge on any atom is -0.490 e. The number of methoxy groups -OCH3 is 2. The van der Waals surface area contributed by atoms with Crippen molar-refractivity contribution in [1.29, 1.82) is 5.26 Å². The molecule has 0 heterocycles. The van der Waals surface area contributed by atoms with E-state index < -0.39 is 5.97 Å². The molecule has 1 aromatic rings. The van der Waals surface area contributed by atoms with Crippen LogP contribution in [0.3, 0.4) is 0 Å². The average molecular weight is 235 g/mol. The fourth-order valence-corrected chi connectivity index (χ4v) is 1.23. The highest BCUT2D eigenvalue weighted by atomic mass is 16.5. The lowest BCUT2D eigenvalue weighted by atomic mass is 10.1. The number of nitrogens with zero attached hydrogens (tertiary/aromatic N) is 1. The summed E-state index contributed by atoms with van der Waals surface area (Å²) in [5.41, 5.74) is 0.618. The van der Waals surface area contributed by atoms with E-state index >= 15 is 0 Å². The Morgan fingerprint density at radius 1 is 1.35 bits per heavy atom. The van der Waals surface area contributed by atoms with Gasteiger partial charge in [-0.05, 0) is 18.2 Å². The van der Waals surface area contributed by atoms with Crippen molar-refractivity contribution in [3.8, 4) is 11.8 Å². The first kappa shape index (κ1) is 13.0. The van der Waals surface area contributed by atoms with E-state index in [0.717, 1.165) is 0 Å². The van der Waals surface area contributed by atoms with Gasteiger partial charge in [-0.25, -0.2) is 4.79 Å². The Hall–Kier alpha value is -2.06. The number of esters is 1. The summed E-state index contributed by atoms with van der Waals surface area (Å²) >= 11 is 0. The van der Waals surface area contributed by atoms with Crippen molar-refractivity contribution in [3.63, 3.8) is 0 Å². The highest BCUT2D eigenvalue weighted by Crippen LogP contribution is 2.20. The van der Waals surface area contributed by atoms with E-state index in [9.17, 15) is 4.79 Å². The van der Waals surface area contributed by atoms with Gasteiger partial charge in [-0.3, -0.25) is 0 Å². The molecule has 0 aliphatic rings. The fraction of sp³-hybridized carbons (Fsp3) is 0.333. The molecule has 5 nitrogen and oxygen atoms in total. The van der Waals surface area contributed by atoms with Gasteiger partial charge in [0.25, 0.3) is 0 Å². The zero-order valence-corrected chi connectivity index (χ0v) is 9.73. The minimum atomic E-state index is -0.533. The second-order valence-electron chi connectivity index (χ2n) is 3.16. The van der Waals surface area contributed by atoms with Gasteiger partial charge >= 0.3 is 5.97 Å². The lowest BCUT2D eigenvalue weighted by Gasteiger charge is -2.09. The molecule has 0 N–H and O–H groups in total. The summed E-state index contributed by atoms with van der Waals surface area (Å²) in [6, 6.07) is 6.54. The van der Waals surface area contributed by atoms with Crippen molar-refractivity contribution in [2.45, 2.75) is 0 Å². The largest absolute Gasteiger partial charge is 0.490 e. The average Bonchev–Trinajstić information content (AvgIpc) is 2.38. The number of ether oxygens (including phenoxy) is 3. The van der Waals surface area contributed by atoms with Gasteiger partial charge in [0.15, 0.2) is 0 Å². The number of carbonyl (C=O) groups excluding carboxylic acids is 1. The molecule has 0 saturated heterocycles. The molecule has 0 unspecified atom stereocenters. The SMILES string of the molecule is COCCOc1ccc(C#N)cc1C(=O)OC. The maximum Gasteiger partial charge on any atom is 0.341 e. The zero-order valence-electron chi connectivity index (χ0n) is 9.73. The van der Waals surface area contributed by atoms with Crippen LogP contribution in [0.1, 0.15) is 15.9 Å². The summed E-state index contributed by atoms with van der Waals surface area (Å²) in [4.78, 5) is 11.5. The first-order valence-corrected chi connectivity index (χ1v) is 4.97. The van der Waals surface area contributed by atoms with Crippen LogP contribution in [-0.4, -0.2) is 33.4 Å². The molecule has 0 fully saturated rings. The highest BCUT2D eigenvalue weighted by Gasteiger charge is 2.13. The van der Waals surface area contributed by atoms with Crippen molar-refractivity contribution in [2.24, 2.45) is 0 Å². The Kier molecular flexibility index (Phi) is 4.98. The van der Waals surface area contributed by atoms with Crippen molar-refractivity contribution in [1.82, 2.24) is 0 Å². The number of rotatable bonds is 5. The van der Waals surface area contributed by atoms with Crippen LogP contribution in [0.15, 0.2) is 18.2 Å². The molecule has 1 aromatic carbocycles. The van der Waals surface area contributed by atoms with Gasteiger partial charge in [0, 0.05) is 7.11 Å². The molecule has 0 aromatic heterocycles. The predicted octanol–water partition coefficient (Wildman–Crippen LogP) is 1.37. The molecule has 17 heavy (non-hydrogen) atoms. The van der Waals surface area contributed by atoms with Crippen LogP contribution in [0.25, 0.3) is 0 Å². The summed E-state index contributed by atoms with van der Waals surface area (Å²) in [6.07, 6.45) is 0. The molecular weight excluding hydrogens is 222 g/mol. The lowest BCUT2D eigenvalue weighted by Crippen LogP contribution is -2.09. The number of benzene rings is 1. The second kappa shape index (κ2) is 6.51. The van der Waals surface area contributed by atoms with E-state index in [1.54, 1.807) is 19.2 Å². The van der Waals surface area contributed by atoms with Gasteiger partial charge in [-0.15, -0.1) is 0 Å². The van der Waals surface area contributed by atoms with E-state index in [1.165, 1.54) is 13.2 Å². The molecule has 5 heteroatoms. The monoisotopic (exact) mass is 235 g/mol. The first-order chi connectivity index (χ1) is 8.22. The molecule has 0 aliphatic carbocycles. The number of carbonyl (C=O) groups is 1. The van der Waals surface area contributed by atoms with Crippen molar-refractivity contribution in [3.05, 3.63) is 29.3 Å². The van der Waals surface area contributed by atoms with Gasteiger partial charge < -0.3 is 14.2 Å². The quantitative estimate of drug-likeness (QED) is 0.569. The molecule has 0 bridgehead atoms. The van der Waals surface area contributed by atoms with E-state index in [2.05, 4.69) is 4.74 Å². The van der Waals surface area contributed by atoms with Crippen LogP contribution < -0.4 is 4.74 Å². The second-order valence-corrected chi connectivity index (χ2v) is 3.16. The summed E-state index contributed by atoms with van der Waals surface area (Å²) < 4.78 is 14.8. The number of hydrogen-bond acceptors (Lipinski definition) is 5. The highest BCUT2D eigenvalue weighted by molar-refractivity contribution is 5.92. The van der Waals surface area contributed by atoms with E-state index in [-0.39, 0.29) is 5.56 Å². The zero-order chi connectivity index (χ0) is 12.7.